The van der Waals surface area contributed by atoms with Gasteiger partial charge < -0.3 is 9.42 Å². The first-order chi connectivity index (χ1) is 20.3. The van der Waals surface area contributed by atoms with Gasteiger partial charge in [-0.05, 0) is 116 Å². The molecule has 1 amide bonds. The zero-order valence-corrected chi connectivity index (χ0v) is 24.9. The SMILES string of the molecule is O=C(N(CC12CCC(c3nc(C4CC4)no3)(CC1)CC2)c1cccc(-c2cc(Br)cn3ncnc23)c1)C12CC(F)(C1)C2. The van der Waals surface area contributed by atoms with E-state index in [4.69, 9.17) is 9.51 Å². The van der Waals surface area contributed by atoms with Gasteiger partial charge in [-0.1, -0.05) is 17.3 Å². The average molecular weight is 632 g/mol. The maximum absolute atomic E-state index is 14.6. The Labute approximate surface area is 251 Å². The molecule has 11 rings (SSSR count). The molecular formula is C32H32BrFN6O2. The number of halogens is 2. The Morgan fingerprint density at radius 2 is 1.86 bits per heavy atom. The molecular weight excluding hydrogens is 599 g/mol. The monoisotopic (exact) mass is 630 g/mol. The van der Waals surface area contributed by atoms with Crippen LogP contribution in [-0.2, 0) is 10.2 Å². The molecule has 0 atom stereocenters. The van der Waals surface area contributed by atoms with Crippen LogP contribution in [0.25, 0.3) is 16.8 Å². The topological polar surface area (TPSA) is 89.4 Å². The lowest BCUT2D eigenvalue weighted by Crippen LogP contribution is -2.71. The van der Waals surface area contributed by atoms with Crippen LogP contribution in [0, 0.1) is 10.8 Å². The number of benzene rings is 1. The van der Waals surface area contributed by atoms with Crippen molar-refractivity contribution in [2.45, 2.75) is 87.6 Å². The predicted octanol–water partition coefficient (Wildman–Crippen LogP) is 6.94. The second-order valence-corrected chi connectivity index (χ2v) is 14.9. The Morgan fingerprint density at radius 3 is 2.57 bits per heavy atom. The summed E-state index contributed by atoms with van der Waals surface area (Å²) in [5.41, 5.74) is 1.85. The Hall–Kier alpha value is -3.14. The van der Waals surface area contributed by atoms with Crippen molar-refractivity contribution in [3.8, 4) is 11.1 Å². The van der Waals surface area contributed by atoms with Gasteiger partial charge in [0.25, 0.3) is 0 Å². The minimum atomic E-state index is -1.13. The number of hydrogen-bond donors (Lipinski definition) is 0. The van der Waals surface area contributed by atoms with Gasteiger partial charge in [0.15, 0.2) is 11.5 Å². The highest BCUT2D eigenvalue weighted by Gasteiger charge is 2.73. The van der Waals surface area contributed by atoms with Crippen molar-refractivity contribution in [1.82, 2.24) is 24.7 Å². The van der Waals surface area contributed by atoms with Gasteiger partial charge in [0.1, 0.15) is 12.0 Å². The molecule has 0 N–H and O–H groups in total. The number of rotatable bonds is 7. The second kappa shape index (κ2) is 8.49. The summed E-state index contributed by atoms with van der Waals surface area (Å²) in [4.78, 5) is 25.6. The summed E-state index contributed by atoms with van der Waals surface area (Å²) in [6.07, 6.45) is 12.9. The number of fused-ring (bicyclic) bond motifs is 4. The fourth-order valence-electron chi connectivity index (χ4n) is 8.52. The van der Waals surface area contributed by atoms with Crippen LogP contribution >= 0.6 is 15.9 Å². The Balaban J connectivity index is 1.04. The molecule has 7 saturated carbocycles. The normalized spacial score (nSPS) is 32.9. The van der Waals surface area contributed by atoms with Crippen LogP contribution < -0.4 is 4.90 Å². The zero-order valence-electron chi connectivity index (χ0n) is 23.4. The molecule has 7 fully saturated rings. The van der Waals surface area contributed by atoms with E-state index in [1.165, 1.54) is 0 Å². The minimum Gasteiger partial charge on any atom is -0.339 e. The number of amides is 1. The molecule has 4 aromatic rings. The van der Waals surface area contributed by atoms with Gasteiger partial charge in [0, 0.05) is 39.8 Å². The lowest BCUT2D eigenvalue weighted by atomic mass is 9.41. The highest BCUT2D eigenvalue weighted by atomic mass is 79.9. The van der Waals surface area contributed by atoms with Crippen LogP contribution in [0.4, 0.5) is 10.1 Å². The molecule has 4 bridgehead atoms. The molecule has 0 unspecified atom stereocenters. The zero-order chi connectivity index (χ0) is 28.3. The molecule has 1 aromatic carbocycles. The number of alkyl halides is 1. The number of carbonyl (C=O) groups excluding carboxylic acids is 1. The van der Waals surface area contributed by atoms with Crippen LogP contribution in [-0.4, -0.2) is 42.9 Å². The molecule has 10 heteroatoms. The van der Waals surface area contributed by atoms with Gasteiger partial charge >= 0.3 is 0 Å². The number of pyridine rings is 1. The maximum Gasteiger partial charge on any atom is 0.233 e. The molecule has 216 valence electrons. The molecule has 3 aromatic heterocycles. The first-order valence-electron chi connectivity index (χ1n) is 15.2. The van der Waals surface area contributed by atoms with Crippen LogP contribution in [0.15, 0.2) is 51.9 Å². The largest absolute Gasteiger partial charge is 0.339 e. The quantitative estimate of drug-likeness (QED) is 0.220. The number of anilines is 1. The second-order valence-electron chi connectivity index (χ2n) is 14.0. The third kappa shape index (κ3) is 3.72. The van der Waals surface area contributed by atoms with E-state index in [0.29, 0.717) is 31.7 Å². The van der Waals surface area contributed by atoms with Crippen molar-refractivity contribution in [3.63, 3.8) is 0 Å². The van der Waals surface area contributed by atoms with E-state index in [2.05, 4.69) is 37.2 Å². The lowest BCUT2D eigenvalue weighted by Gasteiger charge is -2.65. The van der Waals surface area contributed by atoms with Gasteiger partial charge in [-0.15, -0.1) is 0 Å². The van der Waals surface area contributed by atoms with Crippen molar-refractivity contribution in [3.05, 3.63) is 59.0 Å². The van der Waals surface area contributed by atoms with E-state index >= 15 is 0 Å². The Bertz CT molecular complexity index is 1720. The third-order valence-electron chi connectivity index (χ3n) is 11.2. The summed E-state index contributed by atoms with van der Waals surface area (Å²) >= 11 is 3.60. The average Bonchev–Trinajstić information content (AvgIpc) is 3.50. The maximum atomic E-state index is 14.6. The number of carbonyl (C=O) groups is 1. The van der Waals surface area contributed by atoms with E-state index in [1.54, 1.807) is 10.8 Å². The van der Waals surface area contributed by atoms with Crippen molar-refractivity contribution in [2.24, 2.45) is 10.8 Å². The van der Waals surface area contributed by atoms with E-state index in [9.17, 15) is 9.18 Å². The summed E-state index contributed by atoms with van der Waals surface area (Å²) < 4.78 is 23.1. The van der Waals surface area contributed by atoms with E-state index in [0.717, 1.165) is 90.0 Å². The third-order valence-corrected chi connectivity index (χ3v) is 11.6. The van der Waals surface area contributed by atoms with Gasteiger partial charge in [0.05, 0.1) is 5.41 Å². The standard InChI is InChI=1S/C32H32BrFN6O2/c33-22-13-24(26-35-19-36-40(26)14-22)21-2-1-3-23(12-21)39(28(41)31-15-32(34,16-31)17-31)18-29-6-9-30(10-7-29,11-8-29)27-37-25(38-42-27)20-4-5-20/h1-3,12-14,19-20H,4-11,15-18H2. The fourth-order valence-corrected chi connectivity index (χ4v) is 8.94. The molecule has 7 aliphatic carbocycles. The van der Waals surface area contributed by atoms with Gasteiger partial charge in [0.2, 0.25) is 11.8 Å². The Kier molecular flexibility index (Phi) is 5.12. The van der Waals surface area contributed by atoms with Crippen molar-refractivity contribution in [1.29, 1.82) is 0 Å². The van der Waals surface area contributed by atoms with Crippen LogP contribution in [0.1, 0.15) is 88.3 Å². The van der Waals surface area contributed by atoms with Gasteiger partial charge in [-0.2, -0.15) is 10.1 Å². The molecule has 0 spiro atoms. The summed E-state index contributed by atoms with van der Waals surface area (Å²) in [5.74, 6) is 2.29. The highest BCUT2D eigenvalue weighted by Crippen LogP contribution is 2.70. The summed E-state index contributed by atoms with van der Waals surface area (Å²) in [5, 5.41) is 8.63. The number of hydrogen-bond acceptors (Lipinski definition) is 6. The first-order valence-corrected chi connectivity index (χ1v) is 16.0. The van der Waals surface area contributed by atoms with Crippen molar-refractivity contribution >= 4 is 33.2 Å². The van der Waals surface area contributed by atoms with E-state index < -0.39 is 11.1 Å². The summed E-state index contributed by atoms with van der Waals surface area (Å²) in [6.45, 7) is 0.655. The van der Waals surface area contributed by atoms with E-state index in [-0.39, 0.29) is 16.7 Å². The van der Waals surface area contributed by atoms with Crippen LogP contribution in [0.2, 0.25) is 0 Å². The molecule has 0 radical (unpaired) electrons. The molecule has 42 heavy (non-hydrogen) atoms. The fraction of sp³-hybridized carbons (Fsp3) is 0.531. The van der Waals surface area contributed by atoms with Crippen LogP contribution in [0.3, 0.4) is 0 Å². The number of nitrogens with zero attached hydrogens (tertiary/aromatic N) is 6. The molecule has 8 nitrogen and oxygen atoms in total. The summed E-state index contributed by atoms with van der Waals surface area (Å²) in [6, 6.07) is 10.2. The lowest BCUT2D eigenvalue weighted by molar-refractivity contribution is -0.211. The Morgan fingerprint density at radius 1 is 1.10 bits per heavy atom. The first kappa shape index (κ1) is 25.4. The number of aromatic nitrogens is 5. The minimum absolute atomic E-state index is 0.0275. The van der Waals surface area contributed by atoms with Gasteiger partial charge in [-0.3, -0.25) is 4.79 Å². The highest BCUT2D eigenvalue weighted by molar-refractivity contribution is 9.10. The van der Waals surface area contributed by atoms with E-state index in [1.807, 2.05) is 35.4 Å². The smallest absolute Gasteiger partial charge is 0.233 e. The van der Waals surface area contributed by atoms with Gasteiger partial charge in [-0.25, -0.2) is 13.9 Å². The van der Waals surface area contributed by atoms with Crippen molar-refractivity contribution < 1.29 is 13.7 Å². The molecule has 0 saturated heterocycles. The van der Waals surface area contributed by atoms with Crippen molar-refractivity contribution in [2.75, 3.05) is 11.4 Å². The summed E-state index contributed by atoms with van der Waals surface area (Å²) in [7, 11) is 0. The molecule has 0 aliphatic heterocycles. The molecule has 7 aliphatic rings. The molecule has 3 heterocycles. The predicted molar refractivity (Wildman–Crippen MR) is 157 cm³/mol. The van der Waals surface area contributed by atoms with Crippen LogP contribution in [0.5, 0.6) is 0 Å².